The second-order valence-electron chi connectivity index (χ2n) is 8.39. The first-order chi connectivity index (χ1) is 17.9. The number of aromatic nitrogens is 2. The second kappa shape index (κ2) is 9.88. The number of H-pyrrole nitrogens is 1. The minimum absolute atomic E-state index is 0.0187. The normalized spacial score (nSPS) is 15.8. The fourth-order valence-corrected chi connectivity index (χ4v) is 4.35. The van der Waals surface area contributed by atoms with Crippen LogP contribution < -0.4 is 20.8 Å². The molecule has 2 heterocycles. The maximum atomic E-state index is 13.3. The highest BCUT2D eigenvalue weighted by Gasteiger charge is 2.30. The van der Waals surface area contributed by atoms with Gasteiger partial charge in [0.25, 0.3) is 5.56 Å². The Labute approximate surface area is 217 Å². The van der Waals surface area contributed by atoms with Crippen LogP contribution in [-0.2, 0) is 6.42 Å². The standard InChI is InChI=1S/C28H23N3O5S/c1-2-16-8-13-23-20(14-16)24(32)21(25(29)36-23)15-22-26(33)30-28(37)31(27(22)34)17-9-11-19(12-10-17)35-18-6-4-3-5-7-18/h3-15,25,34H,2,29H2,1H3,(H,30,33,37). The summed E-state index contributed by atoms with van der Waals surface area (Å²) in [6.07, 6.45) is 0.875. The Bertz CT molecular complexity index is 1640. The summed E-state index contributed by atoms with van der Waals surface area (Å²) in [6.45, 7) is 1.98. The highest BCUT2D eigenvalue weighted by molar-refractivity contribution is 7.71. The molecular formula is C28H23N3O5S. The maximum Gasteiger partial charge on any atom is 0.262 e. The van der Waals surface area contributed by atoms with Crippen LogP contribution in [0.3, 0.4) is 0 Å². The zero-order chi connectivity index (χ0) is 26.1. The smallest absolute Gasteiger partial charge is 0.262 e. The summed E-state index contributed by atoms with van der Waals surface area (Å²) in [7, 11) is 0. The molecule has 4 N–H and O–H groups in total. The number of nitrogens with one attached hydrogen (secondary N) is 1. The van der Waals surface area contributed by atoms with E-state index in [1.165, 1.54) is 10.6 Å². The molecule has 3 aromatic carbocycles. The van der Waals surface area contributed by atoms with Crippen molar-refractivity contribution in [2.45, 2.75) is 19.6 Å². The molecule has 0 radical (unpaired) electrons. The van der Waals surface area contributed by atoms with Gasteiger partial charge in [0.05, 0.1) is 16.8 Å². The monoisotopic (exact) mass is 513 g/mol. The summed E-state index contributed by atoms with van der Waals surface area (Å²) in [5, 5.41) is 11.1. The molecular weight excluding hydrogens is 490 g/mol. The molecule has 0 saturated carbocycles. The molecule has 0 spiro atoms. The van der Waals surface area contributed by atoms with Gasteiger partial charge in [0.1, 0.15) is 22.8 Å². The van der Waals surface area contributed by atoms with Gasteiger partial charge in [0.2, 0.25) is 5.88 Å². The molecule has 0 amide bonds. The molecule has 8 nitrogen and oxygen atoms in total. The highest BCUT2D eigenvalue weighted by atomic mass is 32.1. The van der Waals surface area contributed by atoms with Crippen LogP contribution >= 0.6 is 12.2 Å². The van der Waals surface area contributed by atoms with Crippen molar-refractivity contribution in [2.24, 2.45) is 5.73 Å². The van der Waals surface area contributed by atoms with Crippen molar-refractivity contribution in [2.75, 3.05) is 0 Å². The molecule has 5 rings (SSSR count). The van der Waals surface area contributed by atoms with E-state index in [1.54, 1.807) is 36.4 Å². The third kappa shape index (κ3) is 4.69. The van der Waals surface area contributed by atoms with Gasteiger partial charge in [-0.1, -0.05) is 31.2 Å². The summed E-state index contributed by atoms with van der Waals surface area (Å²) in [4.78, 5) is 28.6. The van der Waals surface area contributed by atoms with E-state index in [4.69, 9.17) is 27.4 Å². The van der Waals surface area contributed by atoms with E-state index in [1.807, 2.05) is 43.3 Å². The number of para-hydroxylation sites is 1. The summed E-state index contributed by atoms with van der Waals surface area (Å²) in [5.74, 6) is 0.814. The Kier molecular flexibility index (Phi) is 6.47. The largest absolute Gasteiger partial charge is 0.494 e. The lowest BCUT2D eigenvalue weighted by Crippen LogP contribution is -2.37. The zero-order valence-corrected chi connectivity index (χ0v) is 20.6. The van der Waals surface area contributed by atoms with Gasteiger partial charge in [-0.2, -0.15) is 0 Å². The Hall–Kier alpha value is -4.47. The number of nitrogens with two attached hydrogens (primary N) is 1. The summed E-state index contributed by atoms with van der Waals surface area (Å²) in [5.41, 5.74) is 7.11. The predicted molar refractivity (Wildman–Crippen MR) is 142 cm³/mol. The van der Waals surface area contributed by atoms with Crippen LogP contribution in [0.4, 0.5) is 0 Å². The van der Waals surface area contributed by atoms with Crippen LogP contribution in [-0.4, -0.2) is 26.7 Å². The van der Waals surface area contributed by atoms with Crippen molar-refractivity contribution < 1.29 is 19.4 Å². The molecule has 1 aromatic heterocycles. The minimum Gasteiger partial charge on any atom is -0.494 e. The van der Waals surface area contributed by atoms with Gasteiger partial charge in [-0.3, -0.25) is 24.9 Å². The third-order valence-electron chi connectivity index (χ3n) is 6.01. The fourth-order valence-electron chi connectivity index (χ4n) is 4.06. The molecule has 1 aliphatic heterocycles. The average Bonchev–Trinajstić information content (AvgIpc) is 2.89. The lowest BCUT2D eigenvalue weighted by molar-refractivity contribution is 0.0967. The first-order valence-corrected chi connectivity index (χ1v) is 12.0. The Morgan fingerprint density at radius 3 is 2.49 bits per heavy atom. The number of benzene rings is 3. The fraction of sp³-hybridized carbons (Fsp3) is 0.107. The molecule has 0 saturated heterocycles. The number of carbonyl (C=O) groups is 1. The summed E-state index contributed by atoms with van der Waals surface area (Å²) < 4.78 is 12.8. The van der Waals surface area contributed by atoms with Gasteiger partial charge in [0.15, 0.2) is 16.8 Å². The van der Waals surface area contributed by atoms with Crippen molar-refractivity contribution in [3.8, 4) is 28.8 Å². The highest BCUT2D eigenvalue weighted by Crippen LogP contribution is 2.32. The van der Waals surface area contributed by atoms with Gasteiger partial charge >= 0.3 is 0 Å². The number of aromatic amines is 1. The maximum absolute atomic E-state index is 13.3. The summed E-state index contributed by atoms with van der Waals surface area (Å²) >= 11 is 5.32. The van der Waals surface area contributed by atoms with E-state index >= 15 is 0 Å². The van der Waals surface area contributed by atoms with Crippen molar-refractivity contribution in [1.29, 1.82) is 0 Å². The Balaban J connectivity index is 1.53. The van der Waals surface area contributed by atoms with Gasteiger partial charge in [-0.25, -0.2) is 0 Å². The topological polar surface area (TPSA) is 120 Å². The first kappa shape index (κ1) is 24.2. The van der Waals surface area contributed by atoms with Crippen LogP contribution in [0.25, 0.3) is 11.8 Å². The molecule has 0 fully saturated rings. The predicted octanol–water partition coefficient (Wildman–Crippen LogP) is 4.90. The number of aryl methyl sites for hydroxylation is 1. The molecule has 0 bridgehead atoms. The van der Waals surface area contributed by atoms with E-state index in [2.05, 4.69) is 4.98 Å². The van der Waals surface area contributed by atoms with E-state index in [9.17, 15) is 14.7 Å². The van der Waals surface area contributed by atoms with Crippen molar-refractivity contribution in [3.05, 3.63) is 110 Å². The van der Waals surface area contributed by atoms with E-state index in [0.29, 0.717) is 28.5 Å². The molecule has 186 valence electrons. The number of carbonyl (C=O) groups excluding carboxylic acids is 1. The SMILES string of the molecule is CCc1ccc2c(c1)C(=O)C(=Cc1c(O)n(-c3ccc(Oc4ccccc4)cc3)c(=S)[nH]c1=O)C(N)O2. The number of hydrogen-bond donors (Lipinski definition) is 3. The number of aromatic hydroxyl groups is 1. The number of nitrogens with zero attached hydrogens (tertiary/aromatic N) is 1. The number of hydrogen-bond acceptors (Lipinski definition) is 7. The summed E-state index contributed by atoms with van der Waals surface area (Å²) in [6, 6.07) is 21.4. The molecule has 9 heteroatoms. The quantitative estimate of drug-likeness (QED) is 0.257. The molecule has 4 aromatic rings. The van der Waals surface area contributed by atoms with Crippen LogP contribution in [0.1, 0.15) is 28.4 Å². The van der Waals surface area contributed by atoms with E-state index < -0.39 is 17.7 Å². The van der Waals surface area contributed by atoms with Gasteiger partial charge in [-0.15, -0.1) is 0 Å². The number of Topliss-reactive ketones (excluding diaryl/α,β-unsaturated/α-hetero) is 1. The lowest BCUT2D eigenvalue weighted by atomic mass is 9.95. The molecule has 37 heavy (non-hydrogen) atoms. The average molecular weight is 514 g/mol. The van der Waals surface area contributed by atoms with Crippen molar-refractivity contribution in [3.63, 3.8) is 0 Å². The van der Waals surface area contributed by atoms with Crippen molar-refractivity contribution >= 4 is 24.1 Å². The number of ketones is 1. The molecule has 1 atom stereocenters. The zero-order valence-electron chi connectivity index (χ0n) is 19.8. The minimum atomic E-state index is -1.11. The molecule has 1 aliphatic rings. The molecule has 1 unspecified atom stereocenters. The van der Waals surface area contributed by atoms with Crippen LogP contribution in [0, 0.1) is 4.77 Å². The number of fused-ring (bicyclic) bond motifs is 1. The van der Waals surface area contributed by atoms with Crippen LogP contribution in [0.2, 0.25) is 0 Å². The number of ether oxygens (including phenoxy) is 2. The second-order valence-corrected chi connectivity index (χ2v) is 8.78. The van der Waals surface area contributed by atoms with E-state index in [0.717, 1.165) is 12.0 Å². The number of rotatable bonds is 5. The van der Waals surface area contributed by atoms with Crippen LogP contribution in [0.15, 0.2) is 83.2 Å². The Morgan fingerprint density at radius 1 is 1.08 bits per heavy atom. The van der Waals surface area contributed by atoms with Gasteiger partial charge < -0.3 is 14.6 Å². The van der Waals surface area contributed by atoms with Crippen LogP contribution in [0.5, 0.6) is 23.1 Å². The third-order valence-corrected chi connectivity index (χ3v) is 6.30. The van der Waals surface area contributed by atoms with Gasteiger partial charge in [0, 0.05) is 0 Å². The van der Waals surface area contributed by atoms with E-state index in [-0.39, 0.29) is 21.7 Å². The Morgan fingerprint density at radius 2 is 1.78 bits per heavy atom. The van der Waals surface area contributed by atoms with Crippen molar-refractivity contribution in [1.82, 2.24) is 9.55 Å². The van der Waals surface area contributed by atoms with Gasteiger partial charge in [-0.05, 0) is 78.8 Å². The lowest BCUT2D eigenvalue weighted by Gasteiger charge is -2.25. The molecule has 0 aliphatic carbocycles. The first-order valence-electron chi connectivity index (χ1n) is 11.6.